The first kappa shape index (κ1) is 20.9. The molecule has 1 saturated heterocycles. The van der Waals surface area contributed by atoms with Gasteiger partial charge in [0.15, 0.2) is 5.16 Å². The number of benzene rings is 1. The summed E-state index contributed by atoms with van der Waals surface area (Å²) in [6.45, 7) is 5.34. The number of hydrogen-bond donors (Lipinski definition) is 0. The summed E-state index contributed by atoms with van der Waals surface area (Å²) in [5.41, 5.74) is 0.613. The van der Waals surface area contributed by atoms with Crippen molar-refractivity contribution in [2.75, 3.05) is 19.5 Å². The van der Waals surface area contributed by atoms with Crippen LogP contribution < -0.4 is 5.56 Å². The third kappa shape index (κ3) is 4.58. The number of carbonyl (C=O) groups is 1. The number of amides is 1. The Balaban J connectivity index is 1.83. The number of likely N-dealkylation sites (tertiary alicyclic amines) is 1. The summed E-state index contributed by atoms with van der Waals surface area (Å²) in [5.74, 6) is 0.416. The highest BCUT2D eigenvalue weighted by molar-refractivity contribution is 7.99. The molecule has 2 aromatic rings. The predicted molar refractivity (Wildman–Crippen MR) is 113 cm³/mol. The maximum atomic E-state index is 13.0. The second kappa shape index (κ2) is 9.56. The van der Waals surface area contributed by atoms with E-state index in [1.165, 1.54) is 18.2 Å². The minimum absolute atomic E-state index is 0.0589. The molecule has 3 rings (SSSR count). The molecule has 6 nitrogen and oxygen atoms in total. The monoisotopic (exact) mass is 403 g/mol. The Labute approximate surface area is 170 Å². The number of ether oxygens (including phenoxy) is 1. The van der Waals surface area contributed by atoms with Gasteiger partial charge < -0.3 is 9.64 Å². The van der Waals surface area contributed by atoms with Gasteiger partial charge in [0.2, 0.25) is 5.91 Å². The maximum absolute atomic E-state index is 13.0. The highest BCUT2D eigenvalue weighted by Gasteiger charge is 2.29. The van der Waals surface area contributed by atoms with Crippen LogP contribution in [-0.2, 0) is 16.1 Å². The summed E-state index contributed by atoms with van der Waals surface area (Å²) in [6.07, 6.45) is 4.00. The molecule has 0 aliphatic carbocycles. The normalized spacial score (nSPS) is 19.9. The van der Waals surface area contributed by atoms with Crippen LogP contribution in [0.1, 0.15) is 39.5 Å². The largest absolute Gasteiger partial charge is 0.385 e. The van der Waals surface area contributed by atoms with Crippen molar-refractivity contribution < 1.29 is 9.53 Å². The van der Waals surface area contributed by atoms with E-state index in [0.717, 1.165) is 19.3 Å². The molecule has 1 fully saturated rings. The van der Waals surface area contributed by atoms with Gasteiger partial charge in [0.05, 0.1) is 16.7 Å². The van der Waals surface area contributed by atoms with Gasteiger partial charge in [0.25, 0.3) is 5.56 Å². The average molecular weight is 404 g/mol. The highest BCUT2D eigenvalue weighted by atomic mass is 32.2. The van der Waals surface area contributed by atoms with Gasteiger partial charge in [0.1, 0.15) is 0 Å². The van der Waals surface area contributed by atoms with Gasteiger partial charge in [-0.25, -0.2) is 4.98 Å². The van der Waals surface area contributed by atoms with Crippen LogP contribution in [0.25, 0.3) is 10.9 Å². The van der Waals surface area contributed by atoms with Gasteiger partial charge in [-0.15, -0.1) is 0 Å². The quantitative estimate of drug-likeness (QED) is 0.403. The second-order valence-corrected chi connectivity index (χ2v) is 8.38. The molecule has 2 atom stereocenters. The van der Waals surface area contributed by atoms with Crippen LogP contribution in [0.4, 0.5) is 0 Å². The number of nitrogens with zero attached hydrogens (tertiary/aromatic N) is 3. The number of hydrogen-bond acceptors (Lipinski definition) is 5. The predicted octanol–water partition coefficient (Wildman–Crippen LogP) is 3.31. The lowest BCUT2D eigenvalue weighted by molar-refractivity contribution is -0.134. The van der Waals surface area contributed by atoms with E-state index in [1.54, 1.807) is 17.7 Å². The molecule has 0 radical (unpaired) electrons. The Morgan fingerprint density at radius 1 is 1.25 bits per heavy atom. The van der Waals surface area contributed by atoms with Gasteiger partial charge in [-0.1, -0.05) is 23.9 Å². The fourth-order valence-corrected chi connectivity index (χ4v) is 4.83. The molecule has 0 spiro atoms. The van der Waals surface area contributed by atoms with E-state index in [0.29, 0.717) is 35.0 Å². The number of aromatic nitrogens is 2. The smallest absolute Gasteiger partial charge is 0.262 e. The topological polar surface area (TPSA) is 64.4 Å². The Morgan fingerprint density at radius 3 is 2.68 bits per heavy atom. The Morgan fingerprint density at radius 2 is 1.96 bits per heavy atom. The van der Waals surface area contributed by atoms with E-state index in [9.17, 15) is 9.59 Å². The summed E-state index contributed by atoms with van der Waals surface area (Å²) < 4.78 is 6.81. The Bertz CT molecular complexity index is 873. The van der Waals surface area contributed by atoms with E-state index >= 15 is 0 Å². The molecule has 2 heterocycles. The number of para-hydroxylation sites is 1. The van der Waals surface area contributed by atoms with Crippen LogP contribution in [0.15, 0.2) is 34.2 Å². The number of thioether (sulfide) groups is 1. The second-order valence-electron chi connectivity index (χ2n) is 7.43. The average Bonchev–Trinajstić information content (AvgIpc) is 2.68. The Kier molecular flexibility index (Phi) is 7.13. The first-order valence-corrected chi connectivity index (χ1v) is 10.9. The van der Waals surface area contributed by atoms with E-state index in [-0.39, 0.29) is 23.6 Å². The first-order chi connectivity index (χ1) is 13.5. The van der Waals surface area contributed by atoms with Crippen LogP contribution in [0.5, 0.6) is 0 Å². The number of carbonyl (C=O) groups excluding carboxylic acids is 1. The number of piperidine rings is 1. The van der Waals surface area contributed by atoms with E-state index in [1.807, 2.05) is 23.1 Å². The number of rotatable bonds is 7. The molecule has 28 heavy (non-hydrogen) atoms. The van der Waals surface area contributed by atoms with Crippen LogP contribution >= 0.6 is 11.8 Å². The van der Waals surface area contributed by atoms with E-state index < -0.39 is 0 Å². The summed E-state index contributed by atoms with van der Waals surface area (Å²) >= 11 is 1.36. The summed E-state index contributed by atoms with van der Waals surface area (Å²) in [7, 11) is 1.65. The molecule has 0 bridgehead atoms. The van der Waals surface area contributed by atoms with Crippen molar-refractivity contribution in [3.05, 3.63) is 34.6 Å². The maximum Gasteiger partial charge on any atom is 0.262 e. The van der Waals surface area contributed by atoms with Crippen molar-refractivity contribution in [3.63, 3.8) is 0 Å². The van der Waals surface area contributed by atoms with Crippen LogP contribution in [0, 0.1) is 0 Å². The third-order valence-corrected chi connectivity index (χ3v) is 6.32. The molecule has 1 aromatic heterocycles. The molecular weight excluding hydrogens is 374 g/mol. The van der Waals surface area contributed by atoms with Crippen molar-refractivity contribution in [2.45, 2.75) is 63.3 Å². The number of methoxy groups -OCH3 is 1. The SMILES string of the molecule is COCCCn1c(SCC(=O)N2C(C)CCCC2C)nc2ccccc2c1=O. The van der Waals surface area contributed by atoms with Gasteiger partial charge in [-0.05, 0) is 51.7 Å². The van der Waals surface area contributed by atoms with Crippen molar-refractivity contribution in [2.24, 2.45) is 0 Å². The lowest BCUT2D eigenvalue weighted by Gasteiger charge is -2.39. The zero-order valence-corrected chi connectivity index (χ0v) is 17.7. The van der Waals surface area contributed by atoms with Crippen LogP contribution in [0.3, 0.4) is 0 Å². The zero-order valence-electron chi connectivity index (χ0n) is 16.9. The molecule has 1 aliphatic heterocycles. The molecule has 7 heteroatoms. The summed E-state index contributed by atoms with van der Waals surface area (Å²) in [6, 6.07) is 7.90. The van der Waals surface area contributed by atoms with Crippen molar-refractivity contribution >= 4 is 28.6 Å². The molecule has 1 amide bonds. The van der Waals surface area contributed by atoms with Crippen LogP contribution in [0.2, 0.25) is 0 Å². The van der Waals surface area contributed by atoms with Crippen molar-refractivity contribution in [1.29, 1.82) is 0 Å². The minimum atomic E-state index is -0.0589. The number of fused-ring (bicyclic) bond motifs is 1. The lowest BCUT2D eigenvalue weighted by atomic mass is 9.98. The fraction of sp³-hybridized carbons (Fsp3) is 0.571. The third-order valence-electron chi connectivity index (χ3n) is 5.36. The molecular formula is C21H29N3O3S. The molecule has 1 aliphatic rings. The first-order valence-electron chi connectivity index (χ1n) is 9.95. The Hall–Kier alpha value is -1.86. The molecule has 2 unspecified atom stereocenters. The minimum Gasteiger partial charge on any atom is -0.385 e. The van der Waals surface area contributed by atoms with Crippen LogP contribution in [-0.4, -0.2) is 51.9 Å². The fourth-order valence-electron chi connectivity index (χ4n) is 3.94. The molecule has 0 N–H and O–H groups in total. The highest BCUT2D eigenvalue weighted by Crippen LogP contribution is 2.25. The zero-order chi connectivity index (χ0) is 20.1. The van der Waals surface area contributed by atoms with Gasteiger partial charge in [-0.3, -0.25) is 14.2 Å². The standard InChI is InChI=1S/C21H29N3O3S/c1-15-8-6-9-16(2)24(15)19(25)14-28-21-22-18-11-5-4-10-17(18)20(26)23(21)12-7-13-27-3/h4-5,10-11,15-16H,6-9,12-14H2,1-3H3. The van der Waals surface area contributed by atoms with Crippen molar-refractivity contribution in [3.8, 4) is 0 Å². The molecule has 0 saturated carbocycles. The van der Waals surface area contributed by atoms with Crippen molar-refractivity contribution in [1.82, 2.24) is 14.5 Å². The van der Waals surface area contributed by atoms with Gasteiger partial charge in [0, 0.05) is 32.3 Å². The van der Waals surface area contributed by atoms with E-state index in [2.05, 4.69) is 18.8 Å². The lowest BCUT2D eigenvalue weighted by Crippen LogP contribution is -2.48. The molecule has 152 valence electrons. The van der Waals surface area contributed by atoms with Gasteiger partial charge in [-0.2, -0.15) is 0 Å². The summed E-state index contributed by atoms with van der Waals surface area (Å²) in [4.78, 5) is 32.5. The molecule has 1 aromatic carbocycles. The van der Waals surface area contributed by atoms with Gasteiger partial charge >= 0.3 is 0 Å². The summed E-state index contributed by atoms with van der Waals surface area (Å²) in [5, 5.41) is 1.21. The van der Waals surface area contributed by atoms with E-state index in [4.69, 9.17) is 4.74 Å².